The van der Waals surface area contributed by atoms with Crippen molar-refractivity contribution in [3.05, 3.63) is 0 Å². The normalized spacial score (nSPS) is 40.0. The third kappa shape index (κ3) is 2.45. The first-order valence-electron chi connectivity index (χ1n) is 7.71. The number of fused-ring (bicyclic) bond motifs is 2. The van der Waals surface area contributed by atoms with Crippen LogP contribution in [0, 0.1) is 5.41 Å². The molecule has 0 aromatic carbocycles. The number of hydrogen-bond donors (Lipinski definition) is 1. The summed E-state index contributed by atoms with van der Waals surface area (Å²) < 4.78 is 5.53. The molecule has 0 aliphatic carbocycles. The van der Waals surface area contributed by atoms with Crippen molar-refractivity contribution in [2.24, 2.45) is 5.41 Å². The topological polar surface area (TPSA) is 24.5 Å². The Morgan fingerprint density at radius 3 is 2.33 bits per heavy atom. The first-order chi connectivity index (χ1) is 8.70. The molecular formula is C15H28N2O. The van der Waals surface area contributed by atoms with E-state index in [1.807, 2.05) is 0 Å². The van der Waals surface area contributed by atoms with Crippen molar-refractivity contribution in [1.82, 2.24) is 10.2 Å². The van der Waals surface area contributed by atoms with Gasteiger partial charge >= 0.3 is 0 Å². The number of hydrogen-bond acceptors (Lipinski definition) is 3. The highest BCUT2D eigenvalue weighted by molar-refractivity contribution is 4.99. The zero-order valence-electron chi connectivity index (χ0n) is 12.0. The number of nitrogens with zero attached hydrogens (tertiary/aromatic N) is 1. The van der Waals surface area contributed by atoms with E-state index in [1.54, 1.807) is 0 Å². The third-order valence-corrected chi connectivity index (χ3v) is 5.56. The lowest BCUT2D eigenvalue weighted by molar-refractivity contribution is -0.0134. The van der Waals surface area contributed by atoms with Gasteiger partial charge in [-0.1, -0.05) is 6.92 Å². The van der Waals surface area contributed by atoms with E-state index < -0.39 is 0 Å². The molecule has 3 rings (SSSR count). The maximum Gasteiger partial charge on any atom is 0.0471 e. The lowest BCUT2D eigenvalue weighted by Crippen LogP contribution is -2.52. The highest BCUT2D eigenvalue weighted by atomic mass is 16.5. The van der Waals surface area contributed by atoms with Crippen LogP contribution in [0.3, 0.4) is 0 Å². The van der Waals surface area contributed by atoms with Gasteiger partial charge in [-0.15, -0.1) is 0 Å². The van der Waals surface area contributed by atoms with E-state index in [9.17, 15) is 0 Å². The Balaban J connectivity index is 1.63. The Hall–Kier alpha value is -0.120. The first-order valence-corrected chi connectivity index (χ1v) is 7.71. The van der Waals surface area contributed by atoms with Gasteiger partial charge in [0.25, 0.3) is 0 Å². The Labute approximate surface area is 111 Å². The van der Waals surface area contributed by atoms with Crippen LogP contribution in [0.2, 0.25) is 0 Å². The molecule has 18 heavy (non-hydrogen) atoms. The van der Waals surface area contributed by atoms with E-state index in [-0.39, 0.29) is 0 Å². The third-order valence-electron chi connectivity index (χ3n) is 5.56. The molecule has 3 saturated heterocycles. The Morgan fingerprint density at radius 2 is 1.78 bits per heavy atom. The van der Waals surface area contributed by atoms with Crippen LogP contribution in [-0.4, -0.2) is 49.8 Å². The van der Waals surface area contributed by atoms with E-state index in [0.29, 0.717) is 5.41 Å². The smallest absolute Gasteiger partial charge is 0.0471 e. The van der Waals surface area contributed by atoms with Gasteiger partial charge in [0.1, 0.15) is 0 Å². The highest BCUT2D eigenvalue weighted by Gasteiger charge is 2.43. The molecule has 104 valence electrons. The average Bonchev–Trinajstić information content (AvgIpc) is 2.62. The Morgan fingerprint density at radius 1 is 1.17 bits per heavy atom. The molecular weight excluding hydrogens is 224 g/mol. The minimum absolute atomic E-state index is 0.506. The second-order valence-electron chi connectivity index (χ2n) is 6.94. The van der Waals surface area contributed by atoms with Gasteiger partial charge in [0.15, 0.2) is 0 Å². The molecule has 3 aliphatic rings. The van der Waals surface area contributed by atoms with Crippen LogP contribution in [0.1, 0.15) is 45.4 Å². The van der Waals surface area contributed by atoms with Crippen molar-refractivity contribution >= 4 is 0 Å². The number of piperidine rings is 1. The fourth-order valence-corrected chi connectivity index (χ4v) is 4.23. The van der Waals surface area contributed by atoms with Crippen LogP contribution in [0.4, 0.5) is 0 Å². The molecule has 3 fully saturated rings. The fourth-order valence-electron chi connectivity index (χ4n) is 4.23. The summed E-state index contributed by atoms with van der Waals surface area (Å²) in [6.45, 7) is 5.72. The van der Waals surface area contributed by atoms with Gasteiger partial charge < -0.3 is 10.1 Å². The molecule has 3 nitrogen and oxygen atoms in total. The molecule has 3 aliphatic heterocycles. The quantitative estimate of drug-likeness (QED) is 0.831. The maximum absolute atomic E-state index is 5.53. The first kappa shape index (κ1) is 12.9. The molecule has 0 amide bonds. The minimum Gasteiger partial charge on any atom is -0.381 e. The minimum atomic E-state index is 0.506. The van der Waals surface area contributed by atoms with E-state index in [4.69, 9.17) is 4.74 Å². The van der Waals surface area contributed by atoms with E-state index >= 15 is 0 Å². The monoisotopic (exact) mass is 252 g/mol. The zero-order valence-corrected chi connectivity index (χ0v) is 12.0. The summed E-state index contributed by atoms with van der Waals surface area (Å²) in [7, 11) is 2.12. The second kappa shape index (κ2) is 5.10. The van der Waals surface area contributed by atoms with Gasteiger partial charge in [0.2, 0.25) is 0 Å². The van der Waals surface area contributed by atoms with Crippen LogP contribution in [-0.2, 0) is 4.74 Å². The largest absolute Gasteiger partial charge is 0.381 e. The average molecular weight is 252 g/mol. The maximum atomic E-state index is 5.53. The van der Waals surface area contributed by atoms with Crippen LogP contribution < -0.4 is 5.32 Å². The molecule has 1 N–H and O–H groups in total. The van der Waals surface area contributed by atoms with E-state index in [1.165, 1.54) is 45.1 Å². The highest BCUT2D eigenvalue weighted by Crippen LogP contribution is 2.40. The molecule has 2 bridgehead atoms. The molecule has 3 heterocycles. The summed E-state index contributed by atoms with van der Waals surface area (Å²) >= 11 is 0. The van der Waals surface area contributed by atoms with Gasteiger partial charge in [0, 0.05) is 37.9 Å². The molecule has 0 spiro atoms. The van der Waals surface area contributed by atoms with Gasteiger partial charge in [-0.2, -0.15) is 0 Å². The van der Waals surface area contributed by atoms with Crippen molar-refractivity contribution < 1.29 is 4.74 Å². The zero-order chi connectivity index (χ0) is 12.6. The van der Waals surface area contributed by atoms with Gasteiger partial charge in [-0.25, -0.2) is 0 Å². The predicted octanol–water partition coefficient (Wildman–Crippen LogP) is 2.02. The second-order valence-corrected chi connectivity index (χ2v) is 6.94. The summed E-state index contributed by atoms with van der Waals surface area (Å²) in [4.78, 5) is 2.85. The standard InChI is InChI=1S/C15H28N2O/c1-15(5-7-18-8-6-15)11-17-13-3-4-14(17)10-12(9-13)16-2/h12-14,16H,3-11H2,1-2H3. The Bertz CT molecular complexity index is 274. The fraction of sp³-hybridized carbons (Fsp3) is 1.00. The SMILES string of the molecule is CNC1CC2CCC(C1)N2CC1(C)CCOCC1. The predicted molar refractivity (Wildman–Crippen MR) is 73.8 cm³/mol. The van der Waals surface area contributed by atoms with Crippen molar-refractivity contribution in [1.29, 1.82) is 0 Å². The molecule has 0 radical (unpaired) electrons. The molecule has 3 heteroatoms. The lowest BCUT2D eigenvalue weighted by Gasteiger charge is -2.45. The lowest BCUT2D eigenvalue weighted by atomic mass is 9.80. The van der Waals surface area contributed by atoms with Crippen LogP contribution in [0.5, 0.6) is 0 Å². The summed E-state index contributed by atoms with van der Waals surface area (Å²) in [5.41, 5.74) is 0.506. The molecule has 2 unspecified atom stereocenters. The molecule has 2 atom stereocenters. The Kier molecular flexibility index (Phi) is 3.65. The summed E-state index contributed by atoms with van der Waals surface area (Å²) in [6.07, 6.45) is 8.07. The number of ether oxygens (including phenoxy) is 1. The van der Waals surface area contributed by atoms with Crippen molar-refractivity contribution in [3.63, 3.8) is 0 Å². The van der Waals surface area contributed by atoms with Crippen molar-refractivity contribution in [2.75, 3.05) is 26.8 Å². The van der Waals surface area contributed by atoms with E-state index in [0.717, 1.165) is 31.3 Å². The van der Waals surface area contributed by atoms with Crippen molar-refractivity contribution in [3.8, 4) is 0 Å². The number of rotatable bonds is 3. The van der Waals surface area contributed by atoms with Crippen LogP contribution in [0.15, 0.2) is 0 Å². The molecule has 0 aromatic heterocycles. The summed E-state index contributed by atoms with van der Waals surface area (Å²) in [6, 6.07) is 2.46. The van der Waals surface area contributed by atoms with Gasteiger partial charge in [-0.3, -0.25) is 4.90 Å². The van der Waals surface area contributed by atoms with E-state index in [2.05, 4.69) is 24.2 Å². The van der Waals surface area contributed by atoms with Crippen molar-refractivity contribution in [2.45, 2.75) is 63.6 Å². The number of nitrogens with one attached hydrogen (secondary N) is 1. The van der Waals surface area contributed by atoms with Crippen LogP contribution >= 0.6 is 0 Å². The molecule has 0 aromatic rings. The van der Waals surface area contributed by atoms with Crippen LogP contribution in [0.25, 0.3) is 0 Å². The van der Waals surface area contributed by atoms with Gasteiger partial charge in [-0.05, 0) is 51.0 Å². The summed E-state index contributed by atoms with van der Waals surface area (Å²) in [5.74, 6) is 0. The molecule has 0 saturated carbocycles. The van der Waals surface area contributed by atoms with Gasteiger partial charge in [0.05, 0.1) is 0 Å². The summed E-state index contributed by atoms with van der Waals surface area (Å²) in [5, 5.41) is 3.49.